The molecule has 0 unspecified atom stereocenters. The van der Waals surface area contributed by atoms with Crippen LogP contribution in [0.4, 0.5) is 4.79 Å². The first-order chi connectivity index (χ1) is 8.27. The van der Waals surface area contributed by atoms with E-state index in [0.717, 1.165) is 24.9 Å². The average molecular weight is 234 g/mol. The van der Waals surface area contributed by atoms with Gasteiger partial charge in [0.05, 0.1) is 6.54 Å². The molecular formula is C13H18N2O2. The molecule has 17 heavy (non-hydrogen) atoms. The van der Waals surface area contributed by atoms with Gasteiger partial charge in [-0.05, 0) is 18.4 Å². The molecule has 0 spiro atoms. The van der Waals surface area contributed by atoms with Gasteiger partial charge in [-0.3, -0.25) is 4.84 Å². The Labute approximate surface area is 102 Å². The minimum absolute atomic E-state index is 0.0431. The summed E-state index contributed by atoms with van der Waals surface area (Å²) in [7, 11) is 1.81. The lowest BCUT2D eigenvalue weighted by atomic mass is 10.2. The van der Waals surface area contributed by atoms with Crippen LogP contribution >= 0.6 is 0 Å². The second-order valence-electron chi connectivity index (χ2n) is 4.27. The Bertz CT molecular complexity index is 367. The lowest BCUT2D eigenvalue weighted by Crippen LogP contribution is -2.39. The zero-order chi connectivity index (χ0) is 12.1. The third-order valence-corrected chi connectivity index (χ3v) is 2.87. The van der Waals surface area contributed by atoms with Crippen molar-refractivity contribution in [2.24, 2.45) is 0 Å². The highest BCUT2D eigenvalue weighted by molar-refractivity contribution is 5.73. The van der Waals surface area contributed by atoms with E-state index in [4.69, 9.17) is 4.84 Å². The lowest BCUT2D eigenvalue weighted by molar-refractivity contribution is -0.131. The van der Waals surface area contributed by atoms with Gasteiger partial charge in [-0.25, -0.2) is 9.86 Å². The quantitative estimate of drug-likeness (QED) is 0.803. The first-order valence-corrected chi connectivity index (χ1v) is 5.97. The Morgan fingerprint density at radius 3 is 2.65 bits per heavy atom. The topological polar surface area (TPSA) is 32.8 Å². The van der Waals surface area contributed by atoms with Crippen molar-refractivity contribution in [3.63, 3.8) is 0 Å². The molecule has 0 atom stereocenters. The summed E-state index contributed by atoms with van der Waals surface area (Å²) < 4.78 is 0. The largest absolute Gasteiger partial charge is 0.343 e. The van der Waals surface area contributed by atoms with Crippen molar-refractivity contribution in [3.05, 3.63) is 35.9 Å². The van der Waals surface area contributed by atoms with E-state index in [1.807, 2.05) is 37.4 Å². The predicted octanol–water partition coefficient (Wildman–Crippen LogP) is 2.27. The van der Waals surface area contributed by atoms with Gasteiger partial charge in [-0.2, -0.15) is 0 Å². The van der Waals surface area contributed by atoms with Gasteiger partial charge >= 0.3 is 6.03 Å². The second kappa shape index (κ2) is 5.68. The minimum Gasteiger partial charge on any atom is -0.326 e. The zero-order valence-corrected chi connectivity index (χ0v) is 10.1. The molecule has 2 rings (SSSR count). The third kappa shape index (κ3) is 3.20. The van der Waals surface area contributed by atoms with Crippen LogP contribution in [0.3, 0.4) is 0 Å². The molecule has 1 aromatic carbocycles. The fourth-order valence-electron chi connectivity index (χ4n) is 1.83. The molecule has 0 radical (unpaired) electrons. The van der Waals surface area contributed by atoms with Crippen LogP contribution in [0, 0.1) is 0 Å². The van der Waals surface area contributed by atoms with E-state index in [2.05, 4.69) is 0 Å². The van der Waals surface area contributed by atoms with Crippen molar-refractivity contribution in [2.45, 2.75) is 19.4 Å². The molecule has 1 fully saturated rings. The number of amides is 2. The highest BCUT2D eigenvalue weighted by atomic mass is 16.7. The molecule has 1 aromatic rings. The van der Waals surface area contributed by atoms with E-state index in [1.165, 1.54) is 5.06 Å². The van der Waals surface area contributed by atoms with Gasteiger partial charge in [-0.1, -0.05) is 30.3 Å². The van der Waals surface area contributed by atoms with Crippen molar-refractivity contribution in [2.75, 3.05) is 20.1 Å². The summed E-state index contributed by atoms with van der Waals surface area (Å²) in [6, 6.07) is 9.84. The van der Waals surface area contributed by atoms with Crippen molar-refractivity contribution in [3.8, 4) is 0 Å². The fraction of sp³-hybridized carbons (Fsp3) is 0.462. The van der Waals surface area contributed by atoms with Crippen LogP contribution in [0.25, 0.3) is 0 Å². The van der Waals surface area contributed by atoms with Crippen LogP contribution in [-0.2, 0) is 11.4 Å². The van der Waals surface area contributed by atoms with Crippen molar-refractivity contribution < 1.29 is 9.63 Å². The van der Waals surface area contributed by atoms with Gasteiger partial charge in [0, 0.05) is 13.6 Å². The molecule has 0 bridgehead atoms. The van der Waals surface area contributed by atoms with Gasteiger partial charge in [0.1, 0.15) is 6.61 Å². The van der Waals surface area contributed by atoms with Crippen LogP contribution < -0.4 is 0 Å². The Hall–Kier alpha value is -1.55. The fourth-order valence-corrected chi connectivity index (χ4v) is 1.83. The van der Waals surface area contributed by atoms with Crippen molar-refractivity contribution in [1.82, 2.24) is 9.96 Å². The molecule has 2 amide bonds. The molecule has 92 valence electrons. The second-order valence-corrected chi connectivity index (χ2v) is 4.27. The first kappa shape index (κ1) is 11.9. The molecule has 1 saturated heterocycles. The maximum atomic E-state index is 11.9. The standard InChI is InChI=1S/C13H18N2O2/c1-14-9-5-6-10-15(13(14)16)17-11-12-7-3-2-4-8-12/h2-4,7-8H,5-6,9-11H2,1H3. The van der Waals surface area contributed by atoms with Crippen LogP contribution in [0.1, 0.15) is 18.4 Å². The summed E-state index contributed by atoms with van der Waals surface area (Å²) in [6.07, 6.45) is 2.03. The zero-order valence-electron chi connectivity index (χ0n) is 10.1. The van der Waals surface area contributed by atoms with Gasteiger partial charge in [0.15, 0.2) is 0 Å². The van der Waals surface area contributed by atoms with E-state index in [1.54, 1.807) is 4.90 Å². The number of urea groups is 1. The number of carbonyl (C=O) groups excluding carboxylic acids is 1. The SMILES string of the molecule is CN1CCCCN(OCc2ccccc2)C1=O. The van der Waals surface area contributed by atoms with Crippen LogP contribution in [-0.4, -0.2) is 36.1 Å². The highest BCUT2D eigenvalue weighted by Gasteiger charge is 2.21. The molecule has 0 aromatic heterocycles. The number of nitrogens with zero attached hydrogens (tertiary/aromatic N) is 2. The first-order valence-electron chi connectivity index (χ1n) is 5.97. The number of benzene rings is 1. The predicted molar refractivity (Wildman–Crippen MR) is 65.2 cm³/mol. The van der Waals surface area contributed by atoms with Crippen molar-refractivity contribution >= 4 is 6.03 Å². The maximum absolute atomic E-state index is 11.9. The smallest absolute Gasteiger partial charge is 0.326 e. The van der Waals surface area contributed by atoms with Gasteiger partial charge in [0.2, 0.25) is 0 Å². The molecular weight excluding hydrogens is 216 g/mol. The Balaban J connectivity index is 1.91. The van der Waals surface area contributed by atoms with Gasteiger partial charge in [-0.15, -0.1) is 0 Å². The highest BCUT2D eigenvalue weighted by Crippen LogP contribution is 2.10. The van der Waals surface area contributed by atoms with Crippen molar-refractivity contribution in [1.29, 1.82) is 0 Å². The minimum atomic E-state index is -0.0431. The number of hydroxylamine groups is 2. The Morgan fingerprint density at radius 1 is 1.18 bits per heavy atom. The summed E-state index contributed by atoms with van der Waals surface area (Å²) in [5, 5.41) is 1.47. The maximum Gasteiger partial charge on any atom is 0.343 e. The molecule has 0 saturated carbocycles. The summed E-state index contributed by atoms with van der Waals surface area (Å²) in [4.78, 5) is 19.2. The summed E-state index contributed by atoms with van der Waals surface area (Å²) >= 11 is 0. The number of hydrogen-bond acceptors (Lipinski definition) is 2. The van der Waals surface area contributed by atoms with E-state index in [9.17, 15) is 4.79 Å². The van der Waals surface area contributed by atoms with Crippen LogP contribution in [0.15, 0.2) is 30.3 Å². The molecule has 0 N–H and O–H groups in total. The lowest BCUT2D eigenvalue weighted by Gasteiger charge is -2.23. The van der Waals surface area contributed by atoms with E-state index < -0.39 is 0 Å². The number of rotatable bonds is 3. The van der Waals surface area contributed by atoms with E-state index >= 15 is 0 Å². The van der Waals surface area contributed by atoms with Crippen LogP contribution in [0.2, 0.25) is 0 Å². The molecule has 4 heteroatoms. The summed E-state index contributed by atoms with van der Waals surface area (Å²) in [5.74, 6) is 0. The normalized spacial score (nSPS) is 17.1. The summed E-state index contributed by atoms with van der Waals surface area (Å²) in [6.45, 7) is 1.93. The van der Waals surface area contributed by atoms with E-state index in [0.29, 0.717) is 13.2 Å². The molecule has 0 aliphatic carbocycles. The third-order valence-electron chi connectivity index (χ3n) is 2.87. The average Bonchev–Trinajstić information content (AvgIpc) is 2.52. The number of hydrogen-bond donors (Lipinski definition) is 0. The van der Waals surface area contributed by atoms with Gasteiger partial charge in [0.25, 0.3) is 0 Å². The Kier molecular flexibility index (Phi) is 3.98. The van der Waals surface area contributed by atoms with E-state index in [-0.39, 0.29) is 6.03 Å². The van der Waals surface area contributed by atoms with Gasteiger partial charge < -0.3 is 4.90 Å². The summed E-state index contributed by atoms with van der Waals surface area (Å²) in [5.41, 5.74) is 1.08. The molecule has 1 aliphatic heterocycles. The number of carbonyl (C=O) groups is 1. The molecule has 4 nitrogen and oxygen atoms in total. The molecule has 1 heterocycles. The monoisotopic (exact) mass is 234 g/mol. The van der Waals surface area contributed by atoms with Crippen LogP contribution in [0.5, 0.6) is 0 Å². The Morgan fingerprint density at radius 2 is 1.88 bits per heavy atom. The molecule has 1 aliphatic rings.